The lowest BCUT2D eigenvalue weighted by Gasteiger charge is -2.31. The Morgan fingerprint density at radius 1 is 1.06 bits per heavy atom. The van der Waals surface area contributed by atoms with Crippen molar-refractivity contribution in [3.05, 3.63) is 53.6 Å². The van der Waals surface area contributed by atoms with Crippen LogP contribution in [-0.4, -0.2) is 57.5 Å². The Kier molecular flexibility index (Phi) is 6.88. The van der Waals surface area contributed by atoms with Crippen molar-refractivity contribution in [3.63, 3.8) is 0 Å². The average molecular weight is 498 g/mol. The van der Waals surface area contributed by atoms with Gasteiger partial charge in [0.2, 0.25) is 15.9 Å². The van der Waals surface area contributed by atoms with Crippen LogP contribution in [0.15, 0.2) is 47.4 Å². The van der Waals surface area contributed by atoms with Gasteiger partial charge in [0.05, 0.1) is 35.0 Å². The summed E-state index contributed by atoms with van der Waals surface area (Å²) < 4.78 is 73.0. The third-order valence-corrected chi connectivity index (χ3v) is 7.99. The second kappa shape index (κ2) is 9.55. The molecular formula is C23H26F3N3O4S. The number of hydrogen-bond acceptors (Lipinski definition) is 5. The highest BCUT2D eigenvalue weighted by Crippen LogP contribution is 2.36. The van der Waals surface area contributed by atoms with Gasteiger partial charge in [0.1, 0.15) is 6.04 Å². The van der Waals surface area contributed by atoms with Crippen LogP contribution in [0.4, 0.5) is 24.5 Å². The van der Waals surface area contributed by atoms with Crippen molar-refractivity contribution in [2.24, 2.45) is 0 Å². The molecule has 0 radical (unpaired) electrons. The molecule has 11 heteroatoms. The van der Waals surface area contributed by atoms with E-state index in [9.17, 15) is 26.4 Å². The number of halogens is 3. The van der Waals surface area contributed by atoms with Crippen LogP contribution in [0.5, 0.6) is 0 Å². The van der Waals surface area contributed by atoms with Crippen LogP contribution >= 0.6 is 0 Å². The highest BCUT2D eigenvalue weighted by Gasteiger charge is 2.40. The first-order valence-corrected chi connectivity index (χ1v) is 12.4. The van der Waals surface area contributed by atoms with E-state index in [1.165, 1.54) is 18.2 Å². The molecule has 184 valence electrons. The van der Waals surface area contributed by atoms with E-state index in [-0.39, 0.29) is 23.5 Å². The van der Waals surface area contributed by atoms with Crippen molar-refractivity contribution >= 4 is 27.3 Å². The molecule has 0 aromatic heterocycles. The number of morpholine rings is 1. The van der Waals surface area contributed by atoms with Gasteiger partial charge in [0.25, 0.3) is 0 Å². The standard InChI is InChI=1S/C23H26F3N3O4S/c1-16-4-7-18(8-5-16)34(31,32)29-10-2-3-21(29)22(30)27-19-15-17(23(24,25)26)6-9-20(19)28-11-13-33-14-12-28/h4-9,15,21H,2-3,10-14H2,1H3,(H,27,30)/t21-/m1/s1. The molecular weight excluding hydrogens is 471 g/mol. The molecule has 0 saturated carbocycles. The molecule has 0 aliphatic carbocycles. The lowest BCUT2D eigenvalue weighted by molar-refractivity contribution is -0.137. The minimum atomic E-state index is -4.59. The molecule has 2 aliphatic rings. The summed E-state index contributed by atoms with van der Waals surface area (Å²) in [7, 11) is -3.94. The highest BCUT2D eigenvalue weighted by molar-refractivity contribution is 7.89. The van der Waals surface area contributed by atoms with Gasteiger partial charge in [-0.05, 0) is 50.1 Å². The Hall–Kier alpha value is -2.63. The third-order valence-electron chi connectivity index (χ3n) is 6.07. The maximum Gasteiger partial charge on any atom is 0.416 e. The van der Waals surface area contributed by atoms with Gasteiger partial charge in [-0.25, -0.2) is 8.42 Å². The highest BCUT2D eigenvalue weighted by atomic mass is 32.2. The van der Waals surface area contributed by atoms with Crippen molar-refractivity contribution in [3.8, 4) is 0 Å². The maximum atomic E-state index is 13.4. The van der Waals surface area contributed by atoms with Gasteiger partial charge in [-0.2, -0.15) is 17.5 Å². The van der Waals surface area contributed by atoms with E-state index in [0.29, 0.717) is 38.4 Å². The summed E-state index contributed by atoms with van der Waals surface area (Å²) >= 11 is 0. The van der Waals surface area contributed by atoms with Crippen molar-refractivity contribution in [1.29, 1.82) is 0 Å². The lowest BCUT2D eigenvalue weighted by atomic mass is 10.1. The summed E-state index contributed by atoms with van der Waals surface area (Å²) in [5, 5.41) is 2.60. The molecule has 0 spiro atoms. The molecule has 1 atom stereocenters. The van der Waals surface area contributed by atoms with E-state index in [0.717, 1.165) is 22.0 Å². The topological polar surface area (TPSA) is 79.0 Å². The summed E-state index contributed by atoms with van der Waals surface area (Å²) in [5.74, 6) is -0.651. The second-order valence-corrected chi connectivity index (χ2v) is 10.3. The van der Waals surface area contributed by atoms with E-state index in [1.807, 2.05) is 11.8 Å². The number of amides is 1. The Morgan fingerprint density at radius 3 is 2.38 bits per heavy atom. The first kappa shape index (κ1) is 24.5. The molecule has 2 aromatic rings. The van der Waals surface area contributed by atoms with E-state index in [2.05, 4.69) is 5.32 Å². The number of anilines is 2. The molecule has 0 unspecified atom stereocenters. The third kappa shape index (κ3) is 5.06. The van der Waals surface area contributed by atoms with E-state index < -0.39 is 33.7 Å². The molecule has 2 aromatic carbocycles. The van der Waals surface area contributed by atoms with Gasteiger partial charge >= 0.3 is 6.18 Å². The Bertz CT molecular complexity index is 1150. The zero-order chi connectivity index (χ0) is 24.5. The fraction of sp³-hybridized carbons (Fsp3) is 0.435. The number of carbonyl (C=O) groups is 1. The number of benzene rings is 2. The minimum Gasteiger partial charge on any atom is -0.378 e. The van der Waals surface area contributed by atoms with Gasteiger partial charge in [-0.15, -0.1) is 0 Å². The summed E-state index contributed by atoms with van der Waals surface area (Å²) in [6.07, 6.45) is -3.83. The fourth-order valence-electron chi connectivity index (χ4n) is 4.24. The quantitative estimate of drug-likeness (QED) is 0.683. The van der Waals surface area contributed by atoms with Gasteiger partial charge < -0.3 is 15.0 Å². The molecule has 4 rings (SSSR count). The van der Waals surface area contributed by atoms with Gasteiger partial charge in [0, 0.05) is 19.6 Å². The number of rotatable bonds is 5. The molecule has 2 heterocycles. The fourth-order valence-corrected chi connectivity index (χ4v) is 5.90. The molecule has 1 N–H and O–H groups in total. The summed E-state index contributed by atoms with van der Waals surface area (Å²) in [6.45, 7) is 3.76. The van der Waals surface area contributed by atoms with Crippen LogP contribution in [-0.2, 0) is 25.7 Å². The summed E-state index contributed by atoms with van der Waals surface area (Å²) in [5.41, 5.74) is 0.446. The Labute approximate surface area is 196 Å². The molecule has 2 aliphatic heterocycles. The Morgan fingerprint density at radius 2 is 1.74 bits per heavy atom. The Balaban J connectivity index is 1.62. The van der Waals surface area contributed by atoms with Crippen molar-refractivity contribution in [2.75, 3.05) is 43.1 Å². The zero-order valence-electron chi connectivity index (χ0n) is 18.6. The zero-order valence-corrected chi connectivity index (χ0v) is 19.5. The van der Waals surface area contributed by atoms with Crippen molar-refractivity contribution < 1.29 is 31.1 Å². The molecule has 7 nitrogen and oxygen atoms in total. The van der Waals surface area contributed by atoms with E-state index in [1.54, 1.807) is 12.1 Å². The molecule has 1 amide bonds. The van der Waals surface area contributed by atoms with Crippen LogP contribution in [0.3, 0.4) is 0 Å². The van der Waals surface area contributed by atoms with Crippen LogP contribution in [0.1, 0.15) is 24.0 Å². The number of aryl methyl sites for hydroxylation is 1. The van der Waals surface area contributed by atoms with E-state index in [4.69, 9.17) is 4.74 Å². The number of ether oxygens (including phenoxy) is 1. The number of alkyl halides is 3. The number of nitrogens with zero attached hydrogens (tertiary/aromatic N) is 2. The smallest absolute Gasteiger partial charge is 0.378 e. The maximum absolute atomic E-state index is 13.4. The number of sulfonamides is 1. The average Bonchev–Trinajstić information content (AvgIpc) is 3.30. The first-order valence-electron chi connectivity index (χ1n) is 11.0. The normalized spacial score (nSPS) is 19.9. The first-order chi connectivity index (χ1) is 16.1. The van der Waals surface area contributed by atoms with Crippen LogP contribution < -0.4 is 10.2 Å². The van der Waals surface area contributed by atoms with Crippen LogP contribution in [0.25, 0.3) is 0 Å². The predicted octanol–water partition coefficient (Wildman–Crippen LogP) is 3.64. The van der Waals surface area contributed by atoms with Gasteiger partial charge in [-0.3, -0.25) is 4.79 Å². The second-order valence-electron chi connectivity index (χ2n) is 8.41. The van der Waals surface area contributed by atoms with Gasteiger partial charge in [-0.1, -0.05) is 17.7 Å². The monoisotopic (exact) mass is 497 g/mol. The number of nitrogens with one attached hydrogen (secondary N) is 1. The van der Waals surface area contributed by atoms with E-state index >= 15 is 0 Å². The van der Waals surface area contributed by atoms with Crippen LogP contribution in [0, 0.1) is 6.92 Å². The lowest BCUT2D eigenvalue weighted by Crippen LogP contribution is -2.43. The summed E-state index contributed by atoms with van der Waals surface area (Å²) in [4.78, 5) is 15.1. The van der Waals surface area contributed by atoms with Crippen molar-refractivity contribution in [2.45, 2.75) is 36.9 Å². The van der Waals surface area contributed by atoms with Crippen molar-refractivity contribution in [1.82, 2.24) is 4.31 Å². The number of hydrogen-bond donors (Lipinski definition) is 1. The summed E-state index contributed by atoms with van der Waals surface area (Å²) in [6, 6.07) is 8.52. The van der Waals surface area contributed by atoms with Crippen LogP contribution in [0.2, 0.25) is 0 Å². The molecule has 34 heavy (non-hydrogen) atoms. The minimum absolute atomic E-state index is 0.00121. The molecule has 2 fully saturated rings. The number of carbonyl (C=O) groups excluding carboxylic acids is 1. The molecule has 0 bridgehead atoms. The SMILES string of the molecule is Cc1ccc(S(=O)(=O)N2CCC[C@@H]2C(=O)Nc2cc(C(F)(F)F)ccc2N2CCOCC2)cc1. The predicted molar refractivity (Wildman–Crippen MR) is 121 cm³/mol. The largest absolute Gasteiger partial charge is 0.416 e. The van der Waals surface area contributed by atoms with Gasteiger partial charge in [0.15, 0.2) is 0 Å². The molecule has 2 saturated heterocycles.